The molecular formula is C16H20BrN5O2. The van der Waals surface area contributed by atoms with Gasteiger partial charge in [-0.05, 0) is 30.0 Å². The number of aromatic nitrogens is 1. The number of benzene rings is 1. The van der Waals surface area contributed by atoms with E-state index in [1.165, 1.54) is 0 Å². The van der Waals surface area contributed by atoms with Crippen LogP contribution < -0.4 is 10.9 Å². The SMILES string of the molecule is CC(C)(C)C1CC(C(=O)N=Nc2c(O)[nH]c3ccc(Br)cc23)NN1. The van der Waals surface area contributed by atoms with E-state index in [0.717, 1.165) is 9.99 Å². The summed E-state index contributed by atoms with van der Waals surface area (Å²) in [5.74, 6) is -0.470. The van der Waals surface area contributed by atoms with Crippen LogP contribution >= 0.6 is 15.9 Å². The third-order valence-electron chi connectivity index (χ3n) is 4.21. The van der Waals surface area contributed by atoms with Crippen LogP contribution in [0.1, 0.15) is 27.2 Å². The molecule has 0 aliphatic carbocycles. The molecule has 1 aromatic carbocycles. The summed E-state index contributed by atoms with van der Waals surface area (Å²) in [6.45, 7) is 6.34. The van der Waals surface area contributed by atoms with Gasteiger partial charge >= 0.3 is 0 Å². The van der Waals surface area contributed by atoms with Gasteiger partial charge in [0.15, 0.2) is 5.69 Å². The van der Waals surface area contributed by atoms with Crippen molar-refractivity contribution in [3.63, 3.8) is 0 Å². The van der Waals surface area contributed by atoms with Gasteiger partial charge in [0.1, 0.15) is 6.04 Å². The minimum absolute atomic E-state index is 0.0422. The molecule has 1 aromatic heterocycles. The molecule has 8 heteroatoms. The lowest BCUT2D eigenvalue weighted by atomic mass is 9.84. The minimum atomic E-state index is -0.419. The molecule has 24 heavy (non-hydrogen) atoms. The van der Waals surface area contributed by atoms with E-state index >= 15 is 0 Å². The van der Waals surface area contributed by atoms with Crippen LogP contribution in [0.5, 0.6) is 5.88 Å². The first-order chi connectivity index (χ1) is 11.3. The van der Waals surface area contributed by atoms with Gasteiger partial charge in [0.25, 0.3) is 5.91 Å². The van der Waals surface area contributed by atoms with Crippen molar-refractivity contribution >= 4 is 38.4 Å². The van der Waals surface area contributed by atoms with Crippen molar-refractivity contribution in [2.45, 2.75) is 39.3 Å². The molecule has 1 amide bonds. The van der Waals surface area contributed by atoms with E-state index in [4.69, 9.17) is 0 Å². The summed E-state index contributed by atoms with van der Waals surface area (Å²) in [6, 6.07) is 5.24. The first-order valence-corrected chi connectivity index (χ1v) is 8.52. The highest BCUT2D eigenvalue weighted by atomic mass is 79.9. The fraction of sp³-hybridized carbons (Fsp3) is 0.438. The van der Waals surface area contributed by atoms with Crippen molar-refractivity contribution in [2.75, 3.05) is 0 Å². The number of halogens is 1. The Morgan fingerprint density at radius 2 is 2.08 bits per heavy atom. The first kappa shape index (κ1) is 17.1. The zero-order valence-corrected chi connectivity index (χ0v) is 15.3. The third-order valence-corrected chi connectivity index (χ3v) is 4.70. The number of rotatable bonds is 2. The molecule has 1 aliphatic heterocycles. The van der Waals surface area contributed by atoms with Crippen molar-refractivity contribution in [3.05, 3.63) is 22.7 Å². The number of fused-ring (bicyclic) bond motifs is 1. The summed E-state index contributed by atoms with van der Waals surface area (Å²) in [7, 11) is 0. The second kappa shape index (κ2) is 6.27. The summed E-state index contributed by atoms with van der Waals surface area (Å²) in [5.41, 5.74) is 7.14. The van der Waals surface area contributed by atoms with E-state index in [2.05, 4.69) is 62.8 Å². The fourth-order valence-corrected chi connectivity index (χ4v) is 3.05. The molecule has 0 bridgehead atoms. The van der Waals surface area contributed by atoms with Gasteiger partial charge in [0.2, 0.25) is 5.88 Å². The second-order valence-corrected chi connectivity index (χ2v) is 7.96. The number of hydrogen-bond donors (Lipinski definition) is 4. The van der Waals surface area contributed by atoms with Gasteiger partial charge in [0.05, 0.1) is 5.52 Å². The summed E-state index contributed by atoms with van der Waals surface area (Å²) in [6.07, 6.45) is 0.646. The molecule has 4 N–H and O–H groups in total. The van der Waals surface area contributed by atoms with Gasteiger partial charge in [-0.25, -0.2) is 5.43 Å². The van der Waals surface area contributed by atoms with Gasteiger partial charge in [-0.1, -0.05) is 36.7 Å². The second-order valence-electron chi connectivity index (χ2n) is 7.05. The summed E-state index contributed by atoms with van der Waals surface area (Å²) in [5, 5.41) is 18.5. The molecule has 1 saturated heterocycles. The van der Waals surface area contributed by atoms with Crippen LogP contribution in [-0.4, -0.2) is 28.1 Å². The van der Waals surface area contributed by atoms with Gasteiger partial charge < -0.3 is 10.1 Å². The van der Waals surface area contributed by atoms with Crippen LogP contribution in [-0.2, 0) is 4.79 Å². The maximum atomic E-state index is 12.3. The van der Waals surface area contributed by atoms with E-state index in [9.17, 15) is 9.90 Å². The van der Waals surface area contributed by atoms with E-state index < -0.39 is 6.04 Å². The normalized spacial score (nSPS) is 21.8. The van der Waals surface area contributed by atoms with Crippen molar-refractivity contribution in [1.29, 1.82) is 0 Å². The van der Waals surface area contributed by atoms with Crippen molar-refractivity contribution in [1.82, 2.24) is 15.8 Å². The summed E-state index contributed by atoms with van der Waals surface area (Å²) >= 11 is 3.38. The number of aromatic hydroxyl groups is 1. The molecule has 2 unspecified atom stereocenters. The predicted molar refractivity (Wildman–Crippen MR) is 95.1 cm³/mol. The van der Waals surface area contributed by atoms with Gasteiger partial charge in [0, 0.05) is 15.9 Å². The highest BCUT2D eigenvalue weighted by Gasteiger charge is 2.35. The van der Waals surface area contributed by atoms with E-state index in [1.807, 2.05) is 18.2 Å². The maximum Gasteiger partial charge on any atom is 0.282 e. The number of carbonyl (C=O) groups excluding carboxylic acids is 1. The lowest BCUT2D eigenvalue weighted by Gasteiger charge is -2.25. The highest BCUT2D eigenvalue weighted by Crippen LogP contribution is 2.37. The first-order valence-electron chi connectivity index (χ1n) is 7.72. The van der Waals surface area contributed by atoms with Crippen molar-refractivity contribution in [3.8, 4) is 5.88 Å². The van der Waals surface area contributed by atoms with Gasteiger partial charge in [-0.2, -0.15) is 0 Å². The number of hydrogen-bond acceptors (Lipinski definition) is 5. The number of aromatic amines is 1. The Bertz CT molecular complexity index is 809. The molecule has 0 saturated carbocycles. The number of H-pyrrole nitrogens is 1. The molecule has 128 valence electrons. The number of amides is 1. The number of nitrogens with one attached hydrogen (secondary N) is 3. The van der Waals surface area contributed by atoms with Crippen LogP contribution in [0.25, 0.3) is 10.9 Å². The molecule has 3 rings (SSSR count). The van der Waals surface area contributed by atoms with Crippen LogP contribution in [0.3, 0.4) is 0 Å². The Morgan fingerprint density at radius 1 is 1.33 bits per heavy atom. The molecule has 7 nitrogen and oxygen atoms in total. The Labute approximate surface area is 148 Å². The number of carbonyl (C=O) groups is 1. The Balaban J connectivity index is 1.78. The van der Waals surface area contributed by atoms with Gasteiger partial charge in [-0.3, -0.25) is 10.2 Å². The summed E-state index contributed by atoms with van der Waals surface area (Å²) < 4.78 is 0.853. The van der Waals surface area contributed by atoms with Crippen LogP contribution in [0.4, 0.5) is 5.69 Å². The van der Waals surface area contributed by atoms with Crippen LogP contribution in [0, 0.1) is 5.41 Å². The van der Waals surface area contributed by atoms with Crippen LogP contribution in [0.2, 0.25) is 0 Å². The minimum Gasteiger partial charge on any atom is -0.493 e. The molecule has 1 aliphatic rings. The lowest BCUT2D eigenvalue weighted by molar-refractivity contribution is -0.120. The average Bonchev–Trinajstić information content (AvgIpc) is 3.09. The topological polar surface area (TPSA) is 102 Å². The maximum absolute atomic E-state index is 12.3. The van der Waals surface area contributed by atoms with E-state index in [-0.39, 0.29) is 28.9 Å². The monoisotopic (exact) mass is 393 g/mol. The van der Waals surface area contributed by atoms with Gasteiger partial charge in [-0.15, -0.1) is 10.2 Å². The van der Waals surface area contributed by atoms with Crippen molar-refractivity contribution in [2.24, 2.45) is 15.6 Å². The standard InChI is InChI=1S/C16H20BrN5O2/c1-16(2,3)12-7-11(19-20-12)14(23)22-21-13-9-6-8(17)4-5-10(9)18-15(13)24/h4-6,11-12,18-20,24H,7H2,1-3H3. The highest BCUT2D eigenvalue weighted by molar-refractivity contribution is 9.10. The molecule has 2 atom stereocenters. The summed E-state index contributed by atoms with van der Waals surface area (Å²) in [4.78, 5) is 15.1. The Hall–Kier alpha value is -1.77. The molecule has 0 radical (unpaired) electrons. The van der Waals surface area contributed by atoms with Crippen molar-refractivity contribution < 1.29 is 9.90 Å². The molecular weight excluding hydrogens is 374 g/mol. The quantitative estimate of drug-likeness (QED) is 0.586. The van der Waals surface area contributed by atoms with E-state index in [1.54, 1.807) is 0 Å². The fourth-order valence-electron chi connectivity index (χ4n) is 2.69. The number of hydrazine groups is 1. The lowest BCUT2D eigenvalue weighted by Crippen LogP contribution is -2.40. The molecule has 2 heterocycles. The zero-order chi connectivity index (χ0) is 17.5. The van der Waals surface area contributed by atoms with E-state index in [0.29, 0.717) is 11.8 Å². The smallest absolute Gasteiger partial charge is 0.282 e. The molecule has 2 aromatic rings. The van der Waals surface area contributed by atoms with Crippen LogP contribution in [0.15, 0.2) is 32.9 Å². The average molecular weight is 394 g/mol. The predicted octanol–water partition coefficient (Wildman–Crippen LogP) is 3.53. The number of nitrogens with zero attached hydrogens (tertiary/aromatic N) is 2. The third kappa shape index (κ3) is 3.35. The Morgan fingerprint density at radius 3 is 2.75 bits per heavy atom. The zero-order valence-electron chi connectivity index (χ0n) is 13.7. The largest absolute Gasteiger partial charge is 0.493 e. The Kier molecular flexibility index (Phi) is 4.46. The number of azo groups is 1. The molecule has 1 fully saturated rings. The molecule has 0 spiro atoms.